The van der Waals surface area contributed by atoms with Crippen molar-refractivity contribution in [3.63, 3.8) is 0 Å². The van der Waals surface area contributed by atoms with Gasteiger partial charge in [-0.05, 0) is 79.3 Å². The second kappa shape index (κ2) is 11.2. The molecule has 0 saturated carbocycles. The first-order chi connectivity index (χ1) is 16.9. The van der Waals surface area contributed by atoms with Crippen molar-refractivity contribution >= 4 is 17.5 Å². The zero-order chi connectivity index (χ0) is 24.8. The van der Waals surface area contributed by atoms with Crippen LogP contribution in [-0.4, -0.2) is 35.8 Å². The Balaban J connectivity index is 1.33. The highest BCUT2D eigenvalue weighted by Gasteiger charge is 2.26. The van der Waals surface area contributed by atoms with E-state index in [-0.39, 0.29) is 29.5 Å². The lowest BCUT2D eigenvalue weighted by Gasteiger charge is -2.37. The number of ketones is 1. The molecule has 1 aliphatic rings. The van der Waals surface area contributed by atoms with Gasteiger partial charge in [-0.1, -0.05) is 30.3 Å². The maximum atomic E-state index is 13.8. The number of anilines is 1. The fraction of sp³-hybridized carbons (Fsp3) is 0.286. The first-order valence-electron chi connectivity index (χ1n) is 11.8. The summed E-state index contributed by atoms with van der Waals surface area (Å²) in [6, 6.07) is 18.1. The number of Topliss-reactive ketones (excluding diaryl/α,β-unsaturated/α-hetero) is 1. The van der Waals surface area contributed by atoms with Crippen molar-refractivity contribution in [3.05, 3.63) is 101 Å². The third kappa shape index (κ3) is 6.73. The Morgan fingerprint density at radius 2 is 1.74 bits per heavy atom. The molecule has 1 unspecified atom stereocenters. The molecule has 0 radical (unpaired) electrons. The molecule has 1 aliphatic heterocycles. The number of amides is 2. The molecule has 7 heteroatoms. The van der Waals surface area contributed by atoms with Crippen LogP contribution in [0.25, 0.3) is 0 Å². The topological polar surface area (TPSA) is 61.4 Å². The number of halogens is 2. The van der Waals surface area contributed by atoms with Crippen LogP contribution in [0.1, 0.15) is 40.4 Å². The minimum atomic E-state index is -0.326. The van der Waals surface area contributed by atoms with Gasteiger partial charge in [-0.3, -0.25) is 9.69 Å². The number of nitrogens with zero attached hydrogens (tertiary/aromatic N) is 1. The van der Waals surface area contributed by atoms with Gasteiger partial charge in [0, 0.05) is 36.9 Å². The summed E-state index contributed by atoms with van der Waals surface area (Å²) in [5.41, 5.74) is 4.26. The molecule has 0 fully saturated rings. The predicted molar refractivity (Wildman–Crippen MR) is 132 cm³/mol. The Labute approximate surface area is 204 Å². The smallest absolute Gasteiger partial charge is 0.319 e. The average molecular weight is 478 g/mol. The van der Waals surface area contributed by atoms with Gasteiger partial charge in [0.25, 0.3) is 0 Å². The summed E-state index contributed by atoms with van der Waals surface area (Å²) >= 11 is 0. The van der Waals surface area contributed by atoms with Crippen LogP contribution in [0.4, 0.5) is 19.3 Å². The van der Waals surface area contributed by atoms with E-state index in [4.69, 9.17) is 0 Å². The summed E-state index contributed by atoms with van der Waals surface area (Å²) in [7, 11) is 0. The Morgan fingerprint density at radius 3 is 2.51 bits per heavy atom. The number of carbonyl (C=O) groups is 2. The molecule has 1 atom stereocenters. The van der Waals surface area contributed by atoms with Crippen LogP contribution in [0.3, 0.4) is 0 Å². The van der Waals surface area contributed by atoms with Crippen molar-refractivity contribution in [2.45, 2.75) is 38.8 Å². The summed E-state index contributed by atoms with van der Waals surface area (Å²) in [5.74, 6) is -0.559. The predicted octanol–water partition coefficient (Wildman–Crippen LogP) is 5.35. The van der Waals surface area contributed by atoms with E-state index in [1.807, 2.05) is 6.07 Å². The number of urea groups is 1. The van der Waals surface area contributed by atoms with Crippen molar-refractivity contribution in [1.82, 2.24) is 10.2 Å². The van der Waals surface area contributed by atoms with Crippen molar-refractivity contribution in [1.29, 1.82) is 0 Å². The van der Waals surface area contributed by atoms with Crippen LogP contribution in [0.15, 0.2) is 66.7 Å². The minimum Gasteiger partial charge on any atom is -0.338 e. The maximum absolute atomic E-state index is 13.8. The third-order valence-electron chi connectivity index (χ3n) is 6.33. The number of benzene rings is 3. The molecule has 182 valence electrons. The zero-order valence-electron chi connectivity index (χ0n) is 19.7. The Kier molecular flexibility index (Phi) is 7.87. The lowest BCUT2D eigenvalue weighted by Crippen LogP contribution is -2.43. The lowest BCUT2D eigenvalue weighted by molar-refractivity contribution is 0.101. The monoisotopic (exact) mass is 477 g/mol. The fourth-order valence-corrected chi connectivity index (χ4v) is 4.50. The van der Waals surface area contributed by atoms with E-state index >= 15 is 0 Å². The molecule has 2 amide bonds. The van der Waals surface area contributed by atoms with Crippen LogP contribution >= 0.6 is 0 Å². The second-order valence-corrected chi connectivity index (χ2v) is 8.94. The minimum absolute atomic E-state index is 0.0601. The van der Waals surface area contributed by atoms with Crippen LogP contribution in [0.5, 0.6) is 0 Å². The largest absolute Gasteiger partial charge is 0.338 e. The number of hydrogen-bond donors (Lipinski definition) is 2. The van der Waals surface area contributed by atoms with Gasteiger partial charge in [0.2, 0.25) is 0 Å². The van der Waals surface area contributed by atoms with Gasteiger partial charge >= 0.3 is 6.03 Å². The van der Waals surface area contributed by atoms with E-state index in [2.05, 4.69) is 15.5 Å². The molecule has 3 aromatic carbocycles. The van der Waals surface area contributed by atoms with E-state index < -0.39 is 0 Å². The van der Waals surface area contributed by atoms with Crippen LogP contribution < -0.4 is 10.6 Å². The number of carbonyl (C=O) groups excluding carboxylic acids is 2. The highest BCUT2D eigenvalue weighted by molar-refractivity contribution is 5.96. The quantitative estimate of drug-likeness (QED) is 0.340. The molecule has 5 nitrogen and oxygen atoms in total. The number of hydrogen-bond acceptors (Lipinski definition) is 3. The van der Waals surface area contributed by atoms with Crippen LogP contribution in [-0.2, 0) is 19.4 Å². The Hall–Kier alpha value is -3.58. The Morgan fingerprint density at radius 1 is 0.971 bits per heavy atom. The molecule has 4 rings (SSSR count). The van der Waals surface area contributed by atoms with E-state index in [1.165, 1.54) is 25.1 Å². The highest BCUT2D eigenvalue weighted by atomic mass is 19.1. The van der Waals surface area contributed by atoms with Crippen LogP contribution in [0.2, 0.25) is 0 Å². The normalized spacial score (nSPS) is 15.3. The first-order valence-corrected chi connectivity index (χ1v) is 11.8. The summed E-state index contributed by atoms with van der Waals surface area (Å²) < 4.78 is 27.2. The number of rotatable bonds is 8. The molecular weight excluding hydrogens is 448 g/mol. The SMILES string of the molecule is CC(=O)c1cccc(NC(=O)NCCCN2Cc3ccc(F)cc3CC2Cc2ccc(F)cc2)c1. The van der Waals surface area contributed by atoms with Gasteiger partial charge < -0.3 is 10.6 Å². The fourth-order valence-electron chi connectivity index (χ4n) is 4.50. The summed E-state index contributed by atoms with van der Waals surface area (Å²) in [6.07, 6.45) is 2.18. The molecule has 35 heavy (non-hydrogen) atoms. The van der Waals surface area contributed by atoms with E-state index in [1.54, 1.807) is 42.5 Å². The number of nitrogens with one attached hydrogen (secondary N) is 2. The van der Waals surface area contributed by atoms with Gasteiger partial charge in [0.1, 0.15) is 11.6 Å². The molecule has 0 aromatic heterocycles. The third-order valence-corrected chi connectivity index (χ3v) is 6.33. The van der Waals surface area contributed by atoms with E-state index in [0.29, 0.717) is 30.8 Å². The first kappa shape index (κ1) is 24.5. The van der Waals surface area contributed by atoms with Gasteiger partial charge in [-0.25, -0.2) is 13.6 Å². The van der Waals surface area contributed by atoms with Crippen LogP contribution in [0, 0.1) is 11.6 Å². The summed E-state index contributed by atoms with van der Waals surface area (Å²) in [6.45, 7) is 3.42. The molecule has 0 spiro atoms. The molecule has 1 heterocycles. The second-order valence-electron chi connectivity index (χ2n) is 8.94. The van der Waals surface area contributed by atoms with E-state index in [0.717, 1.165) is 36.1 Å². The van der Waals surface area contributed by atoms with Gasteiger partial charge in [0.05, 0.1) is 0 Å². The molecule has 0 saturated heterocycles. The standard InChI is InChI=1S/C28H29F2N3O2/c1-19(34)21-4-2-5-26(16-21)32-28(35)31-12-3-13-33-18-22-8-11-25(30)15-23(22)17-27(33)14-20-6-9-24(29)10-7-20/h2,4-11,15-16,27H,3,12-14,17-18H2,1H3,(H2,31,32,35). The van der Waals surface area contributed by atoms with E-state index in [9.17, 15) is 18.4 Å². The molecule has 2 N–H and O–H groups in total. The lowest BCUT2D eigenvalue weighted by atomic mass is 9.90. The average Bonchev–Trinajstić information content (AvgIpc) is 2.83. The molecular formula is C28H29F2N3O2. The maximum Gasteiger partial charge on any atom is 0.319 e. The van der Waals surface area contributed by atoms with Gasteiger partial charge in [0.15, 0.2) is 5.78 Å². The van der Waals surface area contributed by atoms with Gasteiger partial charge in [-0.2, -0.15) is 0 Å². The summed E-state index contributed by atoms with van der Waals surface area (Å²) in [5, 5.41) is 5.62. The molecule has 3 aromatic rings. The van der Waals surface area contributed by atoms with Gasteiger partial charge in [-0.15, -0.1) is 0 Å². The molecule has 0 aliphatic carbocycles. The van der Waals surface area contributed by atoms with Crippen molar-refractivity contribution in [3.8, 4) is 0 Å². The number of fused-ring (bicyclic) bond motifs is 1. The Bertz CT molecular complexity index is 1200. The van der Waals surface area contributed by atoms with Crippen molar-refractivity contribution in [2.24, 2.45) is 0 Å². The molecule has 0 bridgehead atoms. The van der Waals surface area contributed by atoms with Crippen molar-refractivity contribution < 1.29 is 18.4 Å². The zero-order valence-corrected chi connectivity index (χ0v) is 19.7. The highest BCUT2D eigenvalue weighted by Crippen LogP contribution is 2.26. The van der Waals surface area contributed by atoms with Crippen molar-refractivity contribution in [2.75, 3.05) is 18.4 Å². The summed E-state index contributed by atoms with van der Waals surface area (Å²) in [4.78, 5) is 26.2.